The molecule has 78 valence electrons. The summed E-state index contributed by atoms with van der Waals surface area (Å²) < 4.78 is 0. The Balaban J connectivity index is 2.09. The highest BCUT2D eigenvalue weighted by Crippen LogP contribution is 2.37. The second-order valence-electron chi connectivity index (χ2n) is 4.39. The zero-order valence-corrected chi connectivity index (χ0v) is 9.01. The standard InChI is InChI=1S/C11H12ClN3/c12-10-8-3-1-2-7(9(8)14-15-10)6-11(13)4-5-11/h1-3H,4-6,13H2,(H,14,15). The summed E-state index contributed by atoms with van der Waals surface area (Å²) >= 11 is 5.98. The molecular weight excluding hydrogens is 210 g/mol. The predicted molar refractivity (Wildman–Crippen MR) is 61.0 cm³/mol. The van der Waals surface area contributed by atoms with Crippen LogP contribution >= 0.6 is 11.6 Å². The molecule has 15 heavy (non-hydrogen) atoms. The number of nitrogens with one attached hydrogen (secondary N) is 1. The smallest absolute Gasteiger partial charge is 0.132 e. The summed E-state index contributed by atoms with van der Waals surface area (Å²) in [6.07, 6.45) is 3.12. The van der Waals surface area contributed by atoms with Gasteiger partial charge in [-0.1, -0.05) is 23.7 Å². The third-order valence-corrected chi connectivity index (χ3v) is 3.34. The summed E-state index contributed by atoms with van der Waals surface area (Å²) in [5.41, 5.74) is 8.27. The molecule has 0 atom stereocenters. The van der Waals surface area contributed by atoms with Crippen molar-refractivity contribution in [2.45, 2.75) is 24.8 Å². The van der Waals surface area contributed by atoms with Gasteiger partial charge >= 0.3 is 0 Å². The Morgan fingerprint density at radius 3 is 3.00 bits per heavy atom. The molecule has 0 bridgehead atoms. The van der Waals surface area contributed by atoms with E-state index in [2.05, 4.69) is 16.3 Å². The number of aromatic nitrogens is 2. The fourth-order valence-corrected chi connectivity index (χ4v) is 2.12. The lowest BCUT2D eigenvalue weighted by molar-refractivity contribution is 0.674. The molecule has 1 saturated carbocycles. The number of benzene rings is 1. The average Bonchev–Trinajstić information content (AvgIpc) is 2.81. The number of nitrogens with two attached hydrogens (primary N) is 1. The lowest BCUT2D eigenvalue weighted by Gasteiger charge is -2.08. The van der Waals surface area contributed by atoms with Crippen LogP contribution in [0, 0.1) is 0 Å². The lowest BCUT2D eigenvalue weighted by Crippen LogP contribution is -2.24. The van der Waals surface area contributed by atoms with Crippen molar-refractivity contribution in [1.29, 1.82) is 0 Å². The topological polar surface area (TPSA) is 54.7 Å². The fraction of sp³-hybridized carbons (Fsp3) is 0.364. The number of nitrogens with zero attached hydrogens (tertiary/aromatic N) is 1. The molecule has 1 aromatic carbocycles. The maximum absolute atomic E-state index is 6.11. The molecule has 1 aliphatic rings. The van der Waals surface area contributed by atoms with Crippen LogP contribution in [0.3, 0.4) is 0 Å². The predicted octanol–water partition coefficient (Wildman–Crippen LogP) is 2.25. The Morgan fingerprint density at radius 2 is 2.27 bits per heavy atom. The van der Waals surface area contributed by atoms with E-state index in [1.165, 1.54) is 5.56 Å². The molecule has 0 spiro atoms. The summed E-state index contributed by atoms with van der Waals surface area (Å²) in [7, 11) is 0. The molecule has 0 unspecified atom stereocenters. The van der Waals surface area contributed by atoms with Crippen LogP contribution in [-0.2, 0) is 6.42 Å². The first-order valence-electron chi connectivity index (χ1n) is 5.08. The van der Waals surface area contributed by atoms with Crippen LogP contribution in [0.1, 0.15) is 18.4 Å². The van der Waals surface area contributed by atoms with E-state index in [1.54, 1.807) is 0 Å². The van der Waals surface area contributed by atoms with E-state index in [0.29, 0.717) is 5.15 Å². The normalized spacial score (nSPS) is 18.3. The monoisotopic (exact) mass is 221 g/mol. The van der Waals surface area contributed by atoms with Gasteiger partial charge in [-0.3, -0.25) is 5.10 Å². The summed E-state index contributed by atoms with van der Waals surface area (Å²) in [5, 5.41) is 8.61. The number of hydrogen-bond donors (Lipinski definition) is 2. The number of rotatable bonds is 2. The first-order valence-corrected chi connectivity index (χ1v) is 5.46. The molecule has 3 N–H and O–H groups in total. The molecule has 0 amide bonds. The zero-order chi connectivity index (χ0) is 10.5. The molecular formula is C11H12ClN3. The van der Waals surface area contributed by atoms with Gasteiger partial charge in [-0.2, -0.15) is 5.10 Å². The number of H-pyrrole nitrogens is 1. The van der Waals surface area contributed by atoms with E-state index < -0.39 is 0 Å². The van der Waals surface area contributed by atoms with E-state index in [9.17, 15) is 0 Å². The van der Waals surface area contributed by atoms with E-state index >= 15 is 0 Å². The molecule has 4 heteroatoms. The summed E-state index contributed by atoms with van der Waals surface area (Å²) in [6.45, 7) is 0. The summed E-state index contributed by atoms with van der Waals surface area (Å²) in [6, 6.07) is 6.05. The third-order valence-electron chi connectivity index (χ3n) is 3.06. The number of aromatic amines is 1. The van der Waals surface area contributed by atoms with Crippen LogP contribution in [0.25, 0.3) is 10.9 Å². The SMILES string of the molecule is NC1(Cc2cccc3c(Cl)[nH]nc23)CC1. The van der Waals surface area contributed by atoms with Crippen LogP contribution in [0.2, 0.25) is 5.15 Å². The number of halogens is 1. The zero-order valence-electron chi connectivity index (χ0n) is 8.26. The minimum atomic E-state index is 0.0136. The number of para-hydroxylation sites is 1. The second kappa shape index (κ2) is 2.97. The Morgan fingerprint density at radius 1 is 1.47 bits per heavy atom. The summed E-state index contributed by atoms with van der Waals surface area (Å²) in [5.74, 6) is 0. The maximum atomic E-state index is 6.11. The molecule has 3 nitrogen and oxygen atoms in total. The third kappa shape index (κ3) is 1.52. The number of fused-ring (bicyclic) bond motifs is 1. The van der Waals surface area contributed by atoms with Gasteiger partial charge in [0, 0.05) is 10.9 Å². The number of hydrogen-bond acceptors (Lipinski definition) is 2. The van der Waals surface area contributed by atoms with Crippen molar-refractivity contribution in [3.05, 3.63) is 28.9 Å². The largest absolute Gasteiger partial charge is 0.325 e. The van der Waals surface area contributed by atoms with Gasteiger partial charge in [-0.15, -0.1) is 0 Å². The van der Waals surface area contributed by atoms with Gasteiger partial charge in [-0.05, 0) is 30.9 Å². The molecule has 0 aliphatic heterocycles. The van der Waals surface area contributed by atoms with E-state index in [4.69, 9.17) is 17.3 Å². The average molecular weight is 222 g/mol. The molecule has 0 saturated heterocycles. The molecule has 3 rings (SSSR count). The molecule has 1 aliphatic carbocycles. The Labute approximate surface area is 92.6 Å². The van der Waals surface area contributed by atoms with Gasteiger partial charge in [0.25, 0.3) is 0 Å². The van der Waals surface area contributed by atoms with Crippen LogP contribution in [0.15, 0.2) is 18.2 Å². The second-order valence-corrected chi connectivity index (χ2v) is 4.77. The van der Waals surface area contributed by atoms with Gasteiger partial charge in [0.2, 0.25) is 0 Å². The minimum Gasteiger partial charge on any atom is -0.325 e. The van der Waals surface area contributed by atoms with Crippen molar-refractivity contribution in [3.63, 3.8) is 0 Å². The fourth-order valence-electron chi connectivity index (χ4n) is 1.92. The Kier molecular flexibility index (Phi) is 1.82. The van der Waals surface area contributed by atoms with Crippen molar-refractivity contribution < 1.29 is 0 Å². The summed E-state index contributed by atoms with van der Waals surface area (Å²) in [4.78, 5) is 0. The van der Waals surface area contributed by atoms with Gasteiger partial charge < -0.3 is 5.73 Å². The highest BCUT2D eigenvalue weighted by Gasteiger charge is 2.38. The van der Waals surface area contributed by atoms with Gasteiger partial charge in [0.15, 0.2) is 0 Å². The van der Waals surface area contributed by atoms with E-state index in [1.807, 2.05) is 12.1 Å². The van der Waals surface area contributed by atoms with Crippen LogP contribution in [0.5, 0.6) is 0 Å². The van der Waals surface area contributed by atoms with Crippen molar-refractivity contribution in [1.82, 2.24) is 10.2 Å². The Bertz CT molecular complexity index is 514. The molecule has 0 radical (unpaired) electrons. The molecule has 1 heterocycles. The first-order chi connectivity index (χ1) is 7.18. The highest BCUT2D eigenvalue weighted by atomic mass is 35.5. The van der Waals surface area contributed by atoms with Crippen LogP contribution < -0.4 is 5.73 Å². The first kappa shape index (κ1) is 9.19. The maximum Gasteiger partial charge on any atom is 0.132 e. The van der Waals surface area contributed by atoms with Crippen LogP contribution in [-0.4, -0.2) is 15.7 Å². The van der Waals surface area contributed by atoms with E-state index in [-0.39, 0.29) is 5.54 Å². The van der Waals surface area contributed by atoms with Crippen LogP contribution in [0.4, 0.5) is 0 Å². The highest BCUT2D eigenvalue weighted by molar-refractivity contribution is 6.34. The van der Waals surface area contributed by atoms with Crippen molar-refractivity contribution in [2.24, 2.45) is 5.73 Å². The lowest BCUT2D eigenvalue weighted by atomic mass is 10.0. The van der Waals surface area contributed by atoms with Crippen molar-refractivity contribution in [2.75, 3.05) is 0 Å². The quantitative estimate of drug-likeness (QED) is 0.817. The van der Waals surface area contributed by atoms with Gasteiger partial charge in [0.05, 0.1) is 5.52 Å². The Hall–Kier alpha value is -1.06. The van der Waals surface area contributed by atoms with Gasteiger partial charge in [-0.25, -0.2) is 0 Å². The molecule has 2 aromatic rings. The minimum absolute atomic E-state index is 0.0136. The van der Waals surface area contributed by atoms with Gasteiger partial charge in [0.1, 0.15) is 5.15 Å². The van der Waals surface area contributed by atoms with E-state index in [0.717, 1.165) is 30.2 Å². The molecule has 1 aromatic heterocycles. The van der Waals surface area contributed by atoms with Crippen molar-refractivity contribution >= 4 is 22.5 Å². The van der Waals surface area contributed by atoms with Crippen molar-refractivity contribution in [3.8, 4) is 0 Å². The molecule has 1 fully saturated rings.